The van der Waals surface area contributed by atoms with Crippen molar-refractivity contribution in [3.63, 3.8) is 0 Å². The first kappa shape index (κ1) is 8.48. The maximum atomic E-state index is 9.61. The van der Waals surface area contributed by atoms with Crippen molar-refractivity contribution in [2.45, 2.75) is 38.0 Å². The number of fused-ring (bicyclic) bond motifs is 1. The molecule has 70 valence electrons. The molecule has 0 amide bonds. The second-order valence-electron chi connectivity index (χ2n) is 4.09. The van der Waals surface area contributed by atoms with Gasteiger partial charge in [-0.05, 0) is 25.2 Å². The van der Waals surface area contributed by atoms with E-state index in [1.165, 1.54) is 12.8 Å². The minimum Gasteiger partial charge on any atom is -0.353 e. The first-order valence-corrected chi connectivity index (χ1v) is 4.90. The lowest BCUT2D eigenvalue weighted by molar-refractivity contribution is -0.253. The topological polar surface area (TPSA) is 52.5 Å². The van der Waals surface area contributed by atoms with Crippen molar-refractivity contribution in [2.75, 3.05) is 6.54 Å². The summed E-state index contributed by atoms with van der Waals surface area (Å²) < 4.78 is 0. The summed E-state index contributed by atoms with van der Waals surface area (Å²) in [6, 6.07) is 0. The van der Waals surface area contributed by atoms with Crippen LogP contribution in [-0.2, 0) is 0 Å². The van der Waals surface area contributed by atoms with E-state index >= 15 is 0 Å². The molecule has 2 aliphatic rings. The molecule has 2 fully saturated rings. The Morgan fingerprint density at radius 3 is 2.58 bits per heavy atom. The Bertz CT molecular complexity index is 168. The van der Waals surface area contributed by atoms with Gasteiger partial charge in [0.2, 0.25) is 5.91 Å². The van der Waals surface area contributed by atoms with E-state index in [0.29, 0.717) is 5.92 Å². The monoisotopic (exact) mass is 171 g/mol. The molecule has 0 aromatic carbocycles. The fraction of sp³-hybridized carbons (Fsp3) is 1.00. The smallest absolute Gasteiger partial charge is 0.225 e. The van der Waals surface area contributed by atoms with Crippen LogP contribution in [0.1, 0.15) is 32.1 Å². The molecule has 0 radical (unpaired) electrons. The summed E-state index contributed by atoms with van der Waals surface area (Å²) in [7, 11) is 0. The van der Waals surface area contributed by atoms with Gasteiger partial charge < -0.3 is 10.2 Å². The number of hydrogen-bond acceptors (Lipinski definition) is 3. The highest BCUT2D eigenvalue weighted by Crippen LogP contribution is 2.39. The number of hydrogen-bond donors (Lipinski definition) is 3. The van der Waals surface area contributed by atoms with Crippen molar-refractivity contribution in [2.24, 2.45) is 11.8 Å². The maximum absolute atomic E-state index is 9.61. The van der Waals surface area contributed by atoms with Gasteiger partial charge in [-0.15, -0.1) is 0 Å². The lowest BCUT2D eigenvalue weighted by atomic mass is 9.73. The molecule has 2 atom stereocenters. The Hall–Kier alpha value is -0.120. The first-order chi connectivity index (χ1) is 5.70. The third-order valence-corrected chi connectivity index (χ3v) is 3.33. The summed E-state index contributed by atoms with van der Waals surface area (Å²) in [6.07, 6.45) is 5.65. The number of nitrogens with one attached hydrogen (secondary N) is 1. The normalized spacial score (nSPS) is 40.5. The largest absolute Gasteiger partial charge is 0.353 e. The van der Waals surface area contributed by atoms with E-state index in [0.717, 1.165) is 25.8 Å². The quantitative estimate of drug-likeness (QED) is 0.463. The Labute approximate surface area is 72.8 Å². The molecule has 1 aliphatic carbocycles. The van der Waals surface area contributed by atoms with Gasteiger partial charge in [-0.3, -0.25) is 5.32 Å². The van der Waals surface area contributed by atoms with Crippen LogP contribution in [0.5, 0.6) is 0 Å². The molecule has 3 N–H and O–H groups in total. The van der Waals surface area contributed by atoms with Gasteiger partial charge in [-0.2, -0.15) is 0 Å². The van der Waals surface area contributed by atoms with E-state index in [4.69, 9.17) is 0 Å². The van der Waals surface area contributed by atoms with Crippen LogP contribution in [0.25, 0.3) is 0 Å². The lowest BCUT2D eigenvalue weighted by Crippen LogP contribution is -2.58. The second kappa shape index (κ2) is 2.98. The van der Waals surface area contributed by atoms with E-state index in [1.807, 2.05) is 0 Å². The van der Waals surface area contributed by atoms with Crippen LogP contribution in [-0.4, -0.2) is 22.7 Å². The van der Waals surface area contributed by atoms with Gasteiger partial charge in [0, 0.05) is 12.5 Å². The summed E-state index contributed by atoms with van der Waals surface area (Å²) in [5, 5.41) is 22.0. The first-order valence-electron chi connectivity index (χ1n) is 4.90. The van der Waals surface area contributed by atoms with E-state index in [9.17, 15) is 10.2 Å². The van der Waals surface area contributed by atoms with E-state index in [1.54, 1.807) is 0 Å². The highest BCUT2D eigenvalue weighted by molar-refractivity contribution is 4.88. The van der Waals surface area contributed by atoms with Crippen LogP contribution in [0.3, 0.4) is 0 Å². The molecule has 0 aromatic rings. The van der Waals surface area contributed by atoms with Gasteiger partial charge in [0.25, 0.3) is 0 Å². The Balaban J connectivity index is 2.09. The minimum atomic E-state index is -1.58. The lowest BCUT2D eigenvalue weighted by Gasteiger charge is -2.44. The van der Waals surface area contributed by atoms with E-state index < -0.39 is 5.91 Å². The molecule has 12 heavy (non-hydrogen) atoms. The fourth-order valence-electron chi connectivity index (χ4n) is 2.66. The van der Waals surface area contributed by atoms with Gasteiger partial charge in [0.05, 0.1) is 0 Å². The van der Waals surface area contributed by atoms with Gasteiger partial charge >= 0.3 is 0 Å². The molecular weight excluding hydrogens is 154 g/mol. The average molecular weight is 171 g/mol. The van der Waals surface area contributed by atoms with Crippen LogP contribution in [0.2, 0.25) is 0 Å². The SMILES string of the molecule is OC1(O)NCCC2CCCCC21. The molecule has 1 aliphatic heterocycles. The molecule has 1 saturated heterocycles. The van der Waals surface area contributed by atoms with Crippen LogP contribution >= 0.6 is 0 Å². The summed E-state index contributed by atoms with van der Waals surface area (Å²) >= 11 is 0. The highest BCUT2D eigenvalue weighted by Gasteiger charge is 2.43. The van der Waals surface area contributed by atoms with Gasteiger partial charge in [-0.1, -0.05) is 12.8 Å². The molecule has 3 nitrogen and oxygen atoms in total. The zero-order valence-corrected chi connectivity index (χ0v) is 7.29. The third-order valence-electron chi connectivity index (χ3n) is 3.33. The van der Waals surface area contributed by atoms with Crippen LogP contribution < -0.4 is 5.32 Å². The standard InChI is InChI=1S/C9H17NO2/c11-9(12)8-4-2-1-3-7(8)5-6-10-9/h7-8,10-12H,1-6H2. The molecule has 0 aromatic heterocycles. The predicted molar refractivity (Wildman–Crippen MR) is 45.2 cm³/mol. The Morgan fingerprint density at radius 1 is 1.08 bits per heavy atom. The third kappa shape index (κ3) is 1.37. The minimum absolute atomic E-state index is 0.0694. The Kier molecular flexibility index (Phi) is 2.10. The second-order valence-corrected chi connectivity index (χ2v) is 4.09. The molecular formula is C9H17NO2. The zero-order chi connectivity index (χ0) is 8.60. The molecule has 3 heteroatoms. The van der Waals surface area contributed by atoms with Crippen molar-refractivity contribution in [1.82, 2.24) is 5.32 Å². The van der Waals surface area contributed by atoms with Crippen LogP contribution in [0, 0.1) is 11.8 Å². The molecule has 0 spiro atoms. The summed E-state index contributed by atoms with van der Waals surface area (Å²) in [6.45, 7) is 0.744. The van der Waals surface area contributed by atoms with Gasteiger partial charge in [0.15, 0.2) is 0 Å². The van der Waals surface area contributed by atoms with Crippen molar-refractivity contribution in [1.29, 1.82) is 0 Å². The summed E-state index contributed by atoms with van der Waals surface area (Å²) in [5.41, 5.74) is 0. The van der Waals surface area contributed by atoms with Crippen molar-refractivity contribution < 1.29 is 10.2 Å². The summed E-state index contributed by atoms with van der Waals surface area (Å²) in [4.78, 5) is 0. The zero-order valence-electron chi connectivity index (χ0n) is 7.29. The maximum Gasteiger partial charge on any atom is 0.225 e. The van der Waals surface area contributed by atoms with Gasteiger partial charge in [-0.25, -0.2) is 0 Å². The number of aliphatic hydroxyl groups is 2. The molecule has 1 heterocycles. The van der Waals surface area contributed by atoms with Gasteiger partial charge in [0.1, 0.15) is 0 Å². The number of rotatable bonds is 0. The van der Waals surface area contributed by atoms with Crippen LogP contribution in [0.4, 0.5) is 0 Å². The predicted octanol–water partition coefficient (Wildman–Crippen LogP) is 0.424. The van der Waals surface area contributed by atoms with E-state index in [-0.39, 0.29) is 5.92 Å². The molecule has 2 unspecified atom stereocenters. The van der Waals surface area contributed by atoms with Crippen LogP contribution in [0.15, 0.2) is 0 Å². The molecule has 1 saturated carbocycles. The summed E-state index contributed by atoms with van der Waals surface area (Å²) in [5.74, 6) is -0.974. The van der Waals surface area contributed by atoms with E-state index in [2.05, 4.69) is 5.32 Å². The molecule has 2 rings (SSSR count). The Morgan fingerprint density at radius 2 is 1.83 bits per heavy atom. The fourth-order valence-corrected chi connectivity index (χ4v) is 2.66. The number of piperidine rings is 1. The van der Waals surface area contributed by atoms with Crippen molar-refractivity contribution in [3.05, 3.63) is 0 Å². The average Bonchev–Trinajstić information content (AvgIpc) is 2.04. The highest BCUT2D eigenvalue weighted by atomic mass is 16.5. The molecule has 0 bridgehead atoms. The van der Waals surface area contributed by atoms with Crippen molar-refractivity contribution in [3.8, 4) is 0 Å². The van der Waals surface area contributed by atoms with Crippen molar-refractivity contribution >= 4 is 0 Å².